The van der Waals surface area contributed by atoms with Crippen LogP contribution in [0.25, 0.3) is 11.0 Å². The first-order valence-electron chi connectivity index (χ1n) is 7.83. The number of alkyl halides is 1. The molecule has 3 heterocycles. The van der Waals surface area contributed by atoms with Crippen LogP contribution in [0.2, 0.25) is 0 Å². The second-order valence-electron chi connectivity index (χ2n) is 5.94. The molecule has 1 aliphatic heterocycles. The van der Waals surface area contributed by atoms with Crippen LogP contribution in [0.4, 0.5) is 15.9 Å². The minimum Gasteiger partial charge on any atom is -0.394 e. The maximum Gasteiger partial charge on any atom is 0.300 e. The first-order valence-corrected chi connectivity index (χ1v) is 7.83. The Morgan fingerprint density at radius 3 is 2.88 bits per heavy atom. The first kappa shape index (κ1) is 18.4. The summed E-state index contributed by atoms with van der Waals surface area (Å²) in [6.45, 7) is 2.47. The number of fused-ring (bicyclic) bond motifs is 1. The minimum absolute atomic E-state index is 0.00675. The van der Waals surface area contributed by atoms with Crippen molar-refractivity contribution in [3.8, 4) is 0 Å². The van der Waals surface area contributed by atoms with Gasteiger partial charge in [0.2, 0.25) is 0 Å². The Kier molecular flexibility index (Phi) is 4.75. The molecule has 4 atom stereocenters. The van der Waals surface area contributed by atoms with Crippen molar-refractivity contribution in [2.45, 2.75) is 38.0 Å². The molecule has 26 heavy (non-hydrogen) atoms. The van der Waals surface area contributed by atoms with E-state index in [1.54, 1.807) is 6.92 Å². The topological polar surface area (TPSA) is 145 Å². The van der Waals surface area contributed by atoms with Gasteiger partial charge < -0.3 is 14.9 Å². The third-order valence-electron chi connectivity index (χ3n) is 4.25. The number of aromatic nitrogens is 3. The van der Waals surface area contributed by atoms with Gasteiger partial charge in [-0.25, -0.2) is 19.8 Å². The van der Waals surface area contributed by atoms with E-state index in [1.165, 1.54) is 0 Å². The monoisotopic (exact) mass is 371 g/mol. The highest BCUT2D eigenvalue weighted by molar-refractivity contribution is 5.95. The summed E-state index contributed by atoms with van der Waals surface area (Å²) in [5.41, 5.74) is -0.184. The standard InChI is InChI=1S/C14H18FN5O6/c1-3-25-18-11-9-7(20(23)24)4-19(12(9)17-6-16-11)13-14(2,15)10(22)8(5-21)26-13/h4,6,8,10,13,21-22H,3,5H2,1-2H3,(H,16,17,18)/t8?,10?,13-,14-/m1/s1. The van der Waals surface area contributed by atoms with Crippen molar-refractivity contribution in [1.82, 2.24) is 14.5 Å². The van der Waals surface area contributed by atoms with Crippen LogP contribution in [0.3, 0.4) is 0 Å². The number of hydrogen-bond donors (Lipinski definition) is 3. The molecule has 142 valence electrons. The van der Waals surface area contributed by atoms with E-state index in [4.69, 9.17) is 9.57 Å². The van der Waals surface area contributed by atoms with Crippen LogP contribution in [0.5, 0.6) is 0 Å². The molecule has 2 aromatic heterocycles. The number of halogens is 1. The smallest absolute Gasteiger partial charge is 0.300 e. The predicted molar refractivity (Wildman–Crippen MR) is 85.9 cm³/mol. The number of nitrogens with zero attached hydrogens (tertiary/aromatic N) is 4. The van der Waals surface area contributed by atoms with Gasteiger partial charge in [0.15, 0.2) is 23.4 Å². The average molecular weight is 371 g/mol. The van der Waals surface area contributed by atoms with Gasteiger partial charge in [0.25, 0.3) is 5.69 Å². The predicted octanol–water partition coefficient (Wildman–Crippen LogP) is 0.682. The Balaban J connectivity index is 2.17. The van der Waals surface area contributed by atoms with E-state index in [0.717, 1.165) is 24.0 Å². The lowest BCUT2D eigenvalue weighted by atomic mass is 9.98. The van der Waals surface area contributed by atoms with Gasteiger partial charge in [-0.1, -0.05) is 0 Å². The Bertz CT molecular complexity index is 828. The highest BCUT2D eigenvalue weighted by Crippen LogP contribution is 2.44. The van der Waals surface area contributed by atoms with Crippen LogP contribution in [-0.2, 0) is 9.57 Å². The summed E-state index contributed by atoms with van der Waals surface area (Å²) in [6, 6.07) is 0. The summed E-state index contributed by atoms with van der Waals surface area (Å²) in [7, 11) is 0. The molecule has 2 unspecified atom stereocenters. The number of ether oxygens (including phenoxy) is 1. The fourth-order valence-electron chi connectivity index (χ4n) is 2.96. The van der Waals surface area contributed by atoms with Crippen LogP contribution < -0.4 is 5.48 Å². The lowest BCUT2D eigenvalue weighted by molar-refractivity contribution is -0.383. The van der Waals surface area contributed by atoms with Crippen LogP contribution in [0.1, 0.15) is 20.1 Å². The van der Waals surface area contributed by atoms with Gasteiger partial charge in [0.05, 0.1) is 24.3 Å². The van der Waals surface area contributed by atoms with Crippen molar-refractivity contribution in [3.63, 3.8) is 0 Å². The maximum absolute atomic E-state index is 15.1. The third-order valence-corrected chi connectivity index (χ3v) is 4.25. The molecule has 2 aromatic rings. The van der Waals surface area contributed by atoms with Crippen LogP contribution in [0, 0.1) is 10.1 Å². The average Bonchev–Trinajstić information content (AvgIpc) is 3.09. The Hall–Kier alpha value is -2.41. The molecule has 3 N–H and O–H groups in total. The number of rotatable bonds is 6. The number of nitrogens with one attached hydrogen (secondary N) is 1. The molecule has 1 fully saturated rings. The number of hydrogen-bond acceptors (Lipinski definition) is 9. The van der Waals surface area contributed by atoms with Gasteiger partial charge >= 0.3 is 0 Å². The molecule has 0 aromatic carbocycles. The molecule has 0 radical (unpaired) electrons. The van der Waals surface area contributed by atoms with Gasteiger partial charge in [-0.3, -0.25) is 19.5 Å². The summed E-state index contributed by atoms with van der Waals surface area (Å²) in [6.07, 6.45) is -2.02. The molecule has 1 aliphatic rings. The number of anilines is 1. The van der Waals surface area contributed by atoms with Crippen molar-refractivity contribution >= 4 is 22.5 Å². The van der Waals surface area contributed by atoms with E-state index in [2.05, 4.69) is 15.4 Å². The molecule has 0 saturated carbocycles. The summed E-state index contributed by atoms with van der Waals surface area (Å²) in [5, 5.41) is 30.8. The molecule has 0 bridgehead atoms. The van der Waals surface area contributed by atoms with Gasteiger partial charge in [-0.05, 0) is 13.8 Å². The molecule has 0 aliphatic carbocycles. The van der Waals surface area contributed by atoms with Gasteiger partial charge in [0, 0.05) is 0 Å². The zero-order valence-corrected chi connectivity index (χ0v) is 14.0. The maximum atomic E-state index is 15.1. The zero-order chi connectivity index (χ0) is 19.1. The fraction of sp³-hybridized carbons (Fsp3) is 0.571. The van der Waals surface area contributed by atoms with Crippen LogP contribution in [0.15, 0.2) is 12.5 Å². The summed E-state index contributed by atoms with van der Waals surface area (Å²) in [4.78, 5) is 23.8. The lowest BCUT2D eigenvalue weighted by Gasteiger charge is -2.24. The summed E-state index contributed by atoms with van der Waals surface area (Å²) in [5.74, 6) is 0.0418. The Morgan fingerprint density at radius 2 is 2.31 bits per heavy atom. The SMILES string of the molecule is CCONc1ncnc2c1c([N+](=O)[O-])cn2[C@@H]1OC(CO)C(O)[C@@]1(C)F. The molecule has 0 spiro atoms. The summed E-state index contributed by atoms with van der Waals surface area (Å²) < 4.78 is 21.6. The Morgan fingerprint density at radius 1 is 1.58 bits per heavy atom. The van der Waals surface area contributed by atoms with Crippen molar-refractivity contribution in [1.29, 1.82) is 0 Å². The molecular weight excluding hydrogens is 353 g/mol. The lowest BCUT2D eigenvalue weighted by Crippen LogP contribution is -2.40. The van der Waals surface area contributed by atoms with Crippen molar-refractivity contribution in [2.75, 3.05) is 18.7 Å². The molecule has 11 nitrogen and oxygen atoms in total. The van der Waals surface area contributed by atoms with Gasteiger partial charge in [-0.15, -0.1) is 0 Å². The number of aliphatic hydroxyl groups excluding tert-OH is 2. The van der Waals surface area contributed by atoms with E-state index in [-0.39, 0.29) is 29.1 Å². The van der Waals surface area contributed by atoms with E-state index in [1.807, 2.05) is 0 Å². The highest BCUT2D eigenvalue weighted by Gasteiger charge is 2.55. The highest BCUT2D eigenvalue weighted by atomic mass is 19.1. The second-order valence-corrected chi connectivity index (χ2v) is 5.94. The minimum atomic E-state index is -2.31. The van der Waals surface area contributed by atoms with E-state index < -0.39 is 35.6 Å². The second kappa shape index (κ2) is 6.72. The van der Waals surface area contributed by atoms with E-state index in [9.17, 15) is 20.3 Å². The fourth-order valence-corrected chi connectivity index (χ4v) is 2.96. The normalized spacial score (nSPS) is 28.6. The van der Waals surface area contributed by atoms with Gasteiger partial charge in [-0.2, -0.15) is 0 Å². The van der Waals surface area contributed by atoms with Crippen molar-refractivity contribution in [3.05, 3.63) is 22.6 Å². The van der Waals surface area contributed by atoms with Crippen LogP contribution >= 0.6 is 0 Å². The molecule has 1 saturated heterocycles. The molecule has 12 heteroatoms. The van der Waals surface area contributed by atoms with Crippen LogP contribution in [-0.4, -0.2) is 60.8 Å². The number of aliphatic hydroxyl groups is 2. The van der Waals surface area contributed by atoms with E-state index in [0.29, 0.717) is 0 Å². The third kappa shape index (κ3) is 2.76. The number of nitro groups is 1. The van der Waals surface area contributed by atoms with Gasteiger partial charge in [0.1, 0.15) is 23.9 Å². The quantitative estimate of drug-likeness (QED) is 0.493. The molecule has 3 rings (SSSR count). The first-order chi connectivity index (χ1) is 12.3. The van der Waals surface area contributed by atoms with E-state index >= 15 is 4.39 Å². The molecular formula is C14H18FN5O6. The van der Waals surface area contributed by atoms with Crippen molar-refractivity contribution < 1.29 is 29.1 Å². The van der Waals surface area contributed by atoms with Crippen molar-refractivity contribution in [2.24, 2.45) is 0 Å². The Labute approximate surface area is 146 Å². The largest absolute Gasteiger partial charge is 0.394 e. The molecule has 0 amide bonds. The zero-order valence-electron chi connectivity index (χ0n) is 14.0. The summed E-state index contributed by atoms with van der Waals surface area (Å²) >= 11 is 0.